The smallest absolute Gasteiger partial charge is 0.331 e. The van der Waals surface area contributed by atoms with Crippen molar-refractivity contribution in [3.8, 4) is 11.6 Å². The highest BCUT2D eigenvalue weighted by Crippen LogP contribution is 2.46. The number of rotatable bonds is 8. The lowest BCUT2D eigenvalue weighted by atomic mass is 9.90. The Morgan fingerprint density at radius 1 is 1.15 bits per heavy atom. The molecule has 6 rings (SSSR count). The third-order valence-corrected chi connectivity index (χ3v) is 8.09. The van der Waals surface area contributed by atoms with Gasteiger partial charge in [0, 0.05) is 42.0 Å². The van der Waals surface area contributed by atoms with Crippen molar-refractivity contribution < 1.29 is 14.3 Å². The lowest BCUT2D eigenvalue weighted by molar-refractivity contribution is -0.117. The van der Waals surface area contributed by atoms with Gasteiger partial charge in [0.1, 0.15) is 10.6 Å². The average molecular weight is 542 g/mol. The summed E-state index contributed by atoms with van der Waals surface area (Å²) in [7, 11) is 0. The van der Waals surface area contributed by atoms with Crippen LogP contribution in [-0.4, -0.2) is 39.2 Å². The van der Waals surface area contributed by atoms with Gasteiger partial charge in [0.2, 0.25) is 11.8 Å². The van der Waals surface area contributed by atoms with Gasteiger partial charge in [-0.05, 0) is 55.3 Å². The van der Waals surface area contributed by atoms with Crippen molar-refractivity contribution in [3.63, 3.8) is 0 Å². The first kappa shape index (κ1) is 25.0. The first-order chi connectivity index (χ1) is 19.1. The number of pyridine rings is 1. The molecule has 3 amide bonds. The molecule has 1 aromatic carbocycles. The molecule has 0 unspecified atom stereocenters. The lowest BCUT2D eigenvalue weighted by Gasteiger charge is -2.33. The quantitative estimate of drug-likeness (QED) is 0.260. The van der Waals surface area contributed by atoms with Crippen LogP contribution in [0.25, 0.3) is 10.2 Å². The highest BCUT2D eigenvalue weighted by Gasteiger charge is 2.32. The van der Waals surface area contributed by atoms with Crippen LogP contribution in [0.1, 0.15) is 30.6 Å². The molecule has 1 aliphatic heterocycles. The predicted molar refractivity (Wildman–Crippen MR) is 151 cm³/mol. The van der Waals surface area contributed by atoms with E-state index in [2.05, 4.69) is 37.7 Å². The number of nitrogens with zero attached hydrogens (tertiary/aromatic N) is 4. The molecule has 0 bridgehead atoms. The molecule has 1 saturated carbocycles. The molecule has 10 nitrogen and oxygen atoms in total. The van der Waals surface area contributed by atoms with Crippen LogP contribution in [-0.2, 0) is 11.3 Å². The van der Waals surface area contributed by atoms with E-state index in [1.807, 2.05) is 18.2 Å². The van der Waals surface area contributed by atoms with Crippen LogP contribution in [0.4, 0.5) is 21.9 Å². The molecule has 1 aliphatic carbocycles. The maximum absolute atomic E-state index is 13.4. The van der Waals surface area contributed by atoms with E-state index in [1.165, 1.54) is 6.08 Å². The fourth-order valence-electron chi connectivity index (χ4n) is 5.16. The molecule has 2 atom stereocenters. The number of urea groups is 1. The Morgan fingerprint density at radius 2 is 1.97 bits per heavy atom. The number of thiophene rings is 1. The number of carbonyl (C=O) groups excluding carboxylic acids is 2. The Kier molecular flexibility index (Phi) is 6.91. The summed E-state index contributed by atoms with van der Waals surface area (Å²) in [4.78, 5) is 33.4. The Labute approximate surface area is 229 Å². The molecular formula is C28H27N7O3S. The molecule has 1 fully saturated rings. The predicted octanol–water partition coefficient (Wildman–Crippen LogP) is 5.27. The van der Waals surface area contributed by atoms with Crippen molar-refractivity contribution in [1.29, 1.82) is 0 Å². The van der Waals surface area contributed by atoms with E-state index >= 15 is 0 Å². The van der Waals surface area contributed by atoms with Gasteiger partial charge in [0.05, 0.1) is 22.4 Å². The minimum Gasteiger partial charge on any atom is -0.438 e. The summed E-state index contributed by atoms with van der Waals surface area (Å²) in [6, 6.07) is 12.5. The van der Waals surface area contributed by atoms with E-state index in [4.69, 9.17) is 4.74 Å². The maximum atomic E-state index is 13.4. The fourth-order valence-corrected chi connectivity index (χ4v) is 6.23. The number of carbonyl (C=O) groups is 2. The third kappa shape index (κ3) is 5.06. The highest BCUT2D eigenvalue weighted by molar-refractivity contribution is 7.19. The zero-order valence-corrected chi connectivity index (χ0v) is 21.9. The number of hydrogen-bond donors (Lipinski definition) is 3. The Balaban J connectivity index is 1.24. The molecule has 0 spiro atoms. The van der Waals surface area contributed by atoms with Gasteiger partial charge in [-0.2, -0.15) is 5.10 Å². The van der Waals surface area contributed by atoms with Gasteiger partial charge in [-0.15, -0.1) is 16.4 Å². The van der Waals surface area contributed by atoms with Crippen LogP contribution in [0.2, 0.25) is 0 Å². The van der Waals surface area contributed by atoms with Gasteiger partial charge < -0.3 is 20.7 Å². The molecule has 3 aromatic heterocycles. The summed E-state index contributed by atoms with van der Waals surface area (Å²) in [5.74, 6) is 0.829. The Bertz CT molecular complexity index is 1520. The molecule has 3 N–H and O–H groups in total. The average Bonchev–Trinajstić information content (AvgIpc) is 3.32. The molecule has 198 valence electrons. The van der Waals surface area contributed by atoms with Crippen LogP contribution in [0.15, 0.2) is 67.5 Å². The van der Waals surface area contributed by atoms with E-state index in [0.717, 1.165) is 52.2 Å². The van der Waals surface area contributed by atoms with Gasteiger partial charge >= 0.3 is 6.03 Å². The van der Waals surface area contributed by atoms with E-state index in [9.17, 15) is 9.59 Å². The SMILES string of the molecule is C=CC(=O)N[C@H]1CCCC[C@H]1NCc1sc2nccc3c2c1NC(=O)N3c1ccc(Oc2cccnn2)cc1. The highest BCUT2D eigenvalue weighted by atomic mass is 32.1. The van der Waals surface area contributed by atoms with E-state index < -0.39 is 0 Å². The molecule has 0 radical (unpaired) electrons. The van der Waals surface area contributed by atoms with E-state index in [0.29, 0.717) is 23.9 Å². The first-order valence-electron chi connectivity index (χ1n) is 12.8. The molecule has 4 aromatic rings. The summed E-state index contributed by atoms with van der Waals surface area (Å²) in [6.07, 6.45) is 8.72. The minimum atomic E-state index is -0.244. The van der Waals surface area contributed by atoms with Crippen molar-refractivity contribution >= 4 is 50.6 Å². The van der Waals surface area contributed by atoms with E-state index in [-0.39, 0.29) is 24.0 Å². The second kappa shape index (κ2) is 10.8. The van der Waals surface area contributed by atoms with Crippen molar-refractivity contribution in [2.24, 2.45) is 0 Å². The van der Waals surface area contributed by atoms with Crippen molar-refractivity contribution in [2.45, 2.75) is 44.3 Å². The molecule has 2 aliphatic rings. The molecule has 0 saturated heterocycles. The van der Waals surface area contributed by atoms with Gasteiger partial charge in [0.15, 0.2) is 0 Å². The lowest BCUT2D eigenvalue weighted by Crippen LogP contribution is -2.51. The van der Waals surface area contributed by atoms with Gasteiger partial charge in [-0.1, -0.05) is 19.4 Å². The van der Waals surface area contributed by atoms with Crippen LogP contribution >= 0.6 is 11.3 Å². The van der Waals surface area contributed by atoms with Crippen LogP contribution in [0.3, 0.4) is 0 Å². The first-order valence-corrected chi connectivity index (χ1v) is 13.7. The number of amides is 3. The van der Waals surface area contributed by atoms with Crippen molar-refractivity contribution in [1.82, 2.24) is 25.8 Å². The molecule has 11 heteroatoms. The standard InChI is InChI=1S/C28H27N7O3S/c1-2-23(36)32-20-7-4-3-6-19(20)30-16-22-26-25-21(13-15-29-27(25)39-22)35(28(37)33-26)17-9-11-18(12-10-17)38-24-8-5-14-31-34-24/h2,5,8-15,19-20,30H,1,3-4,6-7,16H2,(H,32,36)(H,33,37)/t19-,20+/m1/s1. The maximum Gasteiger partial charge on any atom is 0.331 e. The summed E-state index contributed by atoms with van der Waals surface area (Å²) in [5, 5.41) is 18.5. The van der Waals surface area contributed by atoms with Gasteiger partial charge in [-0.25, -0.2) is 9.78 Å². The second-order valence-electron chi connectivity index (χ2n) is 9.42. The third-order valence-electron chi connectivity index (χ3n) is 6.99. The minimum absolute atomic E-state index is 0.0506. The van der Waals surface area contributed by atoms with Gasteiger partial charge in [-0.3, -0.25) is 9.69 Å². The fraction of sp³-hybridized carbons (Fsp3) is 0.250. The summed E-state index contributed by atoms with van der Waals surface area (Å²) >= 11 is 1.56. The zero-order valence-electron chi connectivity index (χ0n) is 21.1. The number of benzene rings is 1. The van der Waals surface area contributed by atoms with Crippen molar-refractivity contribution in [2.75, 3.05) is 10.2 Å². The number of aromatic nitrogens is 3. The molecule has 39 heavy (non-hydrogen) atoms. The van der Waals surface area contributed by atoms with Crippen LogP contribution < -0.4 is 25.6 Å². The monoisotopic (exact) mass is 541 g/mol. The van der Waals surface area contributed by atoms with Crippen LogP contribution in [0, 0.1) is 0 Å². The number of hydrogen-bond acceptors (Lipinski definition) is 8. The summed E-state index contributed by atoms with van der Waals surface area (Å²) in [6.45, 7) is 4.13. The van der Waals surface area contributed by atoms with E-state index in [1.54, 1.807) is 52.9 Å². The van der Waals surface area contributed by atoms with Crippen LogP contribution in [0.5, 0.6) is 11.6 Å². The molecular weight excluding hydrogens is 514 g/mol. The normalized spacial score (nSPS) is 18.5. The summed E-state index contributed by atoms with van der Waals surface area (Å²) < 4.78 is 5.74. The second-order valence-corrected chi connectivity index (χ2v) is 10.5. The Hall–Kier alpha value is -4.35. The zero-order chi connectivity index (χ0) is 26.8. The number of ether oxygens (including phenoxy) is 1. The molecule has 4 heterocycles. The van der Waals surface area contributed by atoms with Crippen molar-refractivity contribution in [3.05, 3.63) is 72.4 Å². The topological polar surface area (TPSA) is 121 Å². The summed E-state index contributed by atoms with van der Waals surface area (Å²) in [5.41, 5.74) is 2.26. The number of anilines is 3. The Morgan fingerprint density at radius 3 is 2.74 bits per heavy atom. The largest absolute Gasteiger partial charge is 0.438 e. The number of nitrogens with one attached hydrogen (secondary N) is 3. The van der Waals surface area contributed by atoms with Gasteiger partial charge in [0.25, 0.3) is 0 Å².